The average Bonchev–Trinajstić information content (AvgIpc) is 2.35. The summed E-state index contributed by atoms with van der Waals surface area (Å²) in [5.74, 6) is 0. The predicted molar refractivity (Wildman–Crippen MR) is 67.3 cm³/mol. The number of nitro benzene ring substituents is 1. The van der Waals surface area contributed by atoms with E-state index in [1.165, 1.54) is 12.1 Å². The Hall–Kier alpha value is -1.50. The molecule has 1 rings (SSSR count). The molecule has 0 radical (unpaired) electrons. The minimum atomic E-state index is -1.11. The van der Waals surface area contributed by atoms with Gasteiger partial charge in [0.15, 0.2) is 0 Å². The molecule has 0 saturated heterocycles. The second-order valence-electron chi connectivity index (χ2n) is 4.20. The summed E-state index contributed by atoms with van der Waals surface area (Å²) < 4.78 is 0. The molecule has 0 heterocycles. The highest BCUT2D eigenvalue weighted by Crippen LogP contribution is 2.26. The molecule has 18 heavy (non-hydrogen) atoms. The lowest BCUT2D eigenvalue weighted by molar-refractivity contribution is -0.385. The van der Waals surface area contributed by atoms with E-state index in [0.717, 1.165) is 5.56 Å². The molecule has 0 aromatic heterocycles. The van der Waals surface area contributed by atoms with E-state index in [-0.39, 0.29) is 5.69 Å². The van der Waals surface area contributed by atoms with Crippen LogP contribution in [-0.4, -0.2) is 34.8 Å². The first-order chi connectivity index (χ1) is 8.47. The van der Waals surface area contributed by atoms with Crippen LogP contribution in [0.1, 0.15) is 23.7 Å². The molecule has 0 aliphatic carbocycles. The fraction of sp³-hybridized carbons (Fsp3) is 0.500. The summed E-state index contributed by atoms with van der Waals surface area (Å²) in [6.45, 7) is 2.30. The third kappa shape index (κ3) is 3.49. The molecule has 100 valence electrons. The maximum absolute atomic E-state index is 10.7. The molecule has 0 bridgehead atoms. The van der Waals surface area contributed by atoms with Crippen LogP contribution in [-0.2, 0) is 0 Å². The van der Waals surface area contributed by atoms with Gasteiger partial charge in [0, 0.05) is 12.1 Å². The molecule has 0 saturated carbocycles. The highest BCUT2D eigenvalue weighted by Gasteiger charge is 2.21. The van der Waals surface area contributed by atoms with E-state index in [9.17, 15) is 20.3 Å². The summed E-state index contributed by atoms with van der Waals surface area (Å²) in [4.78, 5) is 10.2. The van der Waals surface area contributed by atoms with Crippen LogP contribution in [0.15, 0.2) is 18.2 Å². The van der Waals surface area contributed by atoms with Crippen LogP contribution in [0.3, 0.4) is 0 Å². The van der Waals surface area contributed by atoms with Crippen molar-refractivity contribution in [2.75, 3.05) is 13.6 Å². The Morgan fingerprint density at radius 2 is 2.11 bits per heavy atom. The van der Waals surface area contributed by atoms with E-state index in [1.807, 2.05) is 0 Å². The van der Waals surface area contributed by atoms with Crippen LogP contribution in [0.2, 0.25) is 0 Å². The number of nitrogens with one attached hydrogen (secondary N) is 1. The maximum atomic E-state index is 10.7. The Balaban J connectivity index is 2.93. The minimum absolute atomic E-state index is 0.0875. The van der Waals surface area contributed by atoms with Crippen LogP contribution < -0.4 is 5.32 Å². The van der Waals surface area contributed by atoms with Gasteiger partial charge in [0.05, 0.1) is 11.0 Å². The molecule has 0 spiro atoms. The average molecular weight is 254 g/mol. The number of nitrogens with zero attached hydrogens (tertiary/aromatic N) is 1. The fourth-order valence-electron chi connectivity index (χ4n) is 1.72. The van der Waals surface area contributed by atoms with E-state index in [4.69, 9.17) is 0 Å². The van der Waals surface area contributed by atoms with Crippen molar-refractivity contribution in [2.45, 2.75) is 25.6 Å². The molecule has 2 unspecified atom stereocenters. The predicted octanol–water partition coefficient (Wildman–Crippen LogP) is 0.907. The van der Waals surface area contributed by atoms with Crippen molar-refractivity contribution in [1.29, 1.82) is 0 Å². The number of rotatable bonds is 6. The first-order valence-electron chi connectivity index (χ1n) is 5.73. The van der Waals surface area contributed by atoms with Crippen LogP contribution >= 0.6 is 0 Å². The van der Waals surface area contributed by atoms with Gasteiger partial charge in [-0.1, -0.05) is 6.07 Å². The van der Waals surface area contributed by atoms with Gasteiger partial charge in [-0.15, -0.1) is 0 Å². The van der Waals surface area contributed by atoms with E-state index in [2.05, 4.69) is 5.32 Å². The lowest BCUT2D eigenvalue weighted by Crippen LogP contribution is -2.23. The van der Waals surface area contributed by atoms with E-state index >= 15 is 0 Å². The van der Waals surface area contributed by atoms with Crippen molar-refractivity contribution in [2.24, 2.45) is 0 Å². The number of aliphatic hydroxyl groups is 2. The van der Waals surface area contributed by atoms with Crippen LogP contribution in [0.5, 0.6) is 0 Å². The summed E-state index contributed by atoms with van der Waals surface area (Å²) in [5, 5.41) is 33.3. The Labute approximate surface area is 105 Å². The lowest BCUT2D eigenvalue weighted by atomic mass is 9.97. The Kier molecular flexibility index (Phi) is 5.21. The van der Waals surface area contributed by atoms with E-state index in [1.54, 1.807) is 20.0 Å². The van der Waals surface area contributed by atoms with Gasteiger partial charge in [0.25, 0.3) is 5.69 Å². The molecule has 2 atom stereocenters. The Morgan fingerprint density at radius 1 is 1.44 bits per heavy atom. The number of non-ortho nitro benzene ring substituents is 1. The van der Waals surface area contributed by atoms with Crippen molar-refractivity contribution >= 4 is 5.69 Å². The molecule has 6 nitrogen and oxygen atoms in total. The third-order valence-corrected chi connectivity index (χ3v) is 2.85. The van der Waals surface area contributed by atoms with Crippen molar-refractivity contribution in [3.63, 3.8) is 0 Å². The van der Waals surface area contributed by atoms with Crippen molar-refractivity contribution < 1.29 is 15.1 Å². The zero-order chi connectivity index (χ0) is 13.7. The van der Waals surface area contributed by atoms with Crippen molar-refractivity contribution in [3.8, 4) is 0 Å². The number of benzene rings is 1. The number of hydrogen-bond acceptors (Lipinski definition) is 5. The van der Waals surface area contributed by atoms with Crippen LogP contribution in [0.25, 0.3) is 0 Å². The maximum Gasteiger partial charge on any atom is 0.269 e. The topological polar surface area (TPSA) is 95.6 Å². The summed E-state index contributed by atoms with van der Waals surface area (Å²) >= 11 is 0. The number of aryl methyl sites for hydroxylation is 1. The summed E-state index contributed by atoms with van der Waals surface area (Å²) in [7, 11) is 1.75. The second-order valence-corrected chi connectivity index (χ2v) is 4.20. The fourth-order valence-corrected chi connectivity index (χ4v) is 1.72. The van der Waals surface area contributed by atoms with Gasteiger partial charge in [0.2, 0.25) is 0 Å². The Morgan fingerprint density at radius 3 is 2.67 bits per heavy atom. The zero-order valence-electron chi connectivity index (χ0n) is 10.5. The Bertz CT molecular complexity index is 423. The highest BCUT2D eigenvalue weighted by molar-refractivity contribution is 5.40. The van der Waals surface area contributed by atoms with E-state index < -0.39 is 17.1 Å². The van der Waals surface area contributed by atoms with Gasteiger partial charge in [-0.3, -0.25) is 10.1 Å². The molecule has 1 aromatic carbocycles. The summed E-state index contributed by atoms with van der Waals surface area (Å²) in [6, 6.07) is 4.26. The third-order valence-electron chi connectivity index (χ3n) is 2.85. The van der Waals surface area contributed by atoms with Gasteiger partial charge in [0.1, 0.15) is 6.10 Å². The number of aliphatic hydroxyl groups excluding tert-OH is 2. The summed E-state index contributed by atoms with van der Waals surface area (Å²) in [6.07, 6.45) is -1.68. The van der Waals surface area contributed by atoms with Gasteiger partial charge in [-0.2, -0.15) is 0 Å². The van der Waals surface area contributed by atoms with Crippen molar-refractivity contribution in [3.05, 3.63) is 39.4 Å². The zero-order valence-corrected chi connectivity index (χ0v) is 10.5. The first kappa shape index (κ1) is 14.6. The molecular formula is C12H18N2O4. The van der Waals surface area contributed by atoms with Crippen LogP contribution in [0, 0.1) is 17.0 Å². The molecule has 6 heteroatoms. The van der Waals surface area contributed by atoms with Crippen molar-refractivity contribution in [1.82, 2.24) is 5.32 Å². The monoisotopic (exact) mass is 254 g/mol. The second kappa shape index (κ2) is 6.44. The largest absolute Gasteiger partial charge is 0.390 e. The molecule has 3 N–H and O–H groups in total. The molecular weight excluding hydrogens is 236 g/mol. The number of nitro groups is 1. The molecule has 0 aliphatic rings. The smallest absolute Gasteiger partial charge is 0.269 e. The SMILES string of the molecule is CNCCC(O)C(O)c1cc([N+](=O)[O-])ccc1C. The van der Waals surface area contributed by atoms with Crippen LogP contribution in [0.4, 0.5) is 5.69 Å². The lowest BCUT2D eigenvalue weighted by Gasteiger charge is -2.19. The minimum Gasteiger partial charge on any atom is -0.390 e. The molecule has 1 aromatic rings. The molecule has 0 amide bonds. The van der Waals surface area contributed by atoms with Gasteiger partial charge in [-0.05, 0) is 38.1 Å². The van der Waals surface area contributed by atoms with Gasteiger partial charge in [-0.25, -0.2) is 0 Å². The van der Waals surface area contributed by atoms with E-state index in [0.29, 0.717) is 18.5 Å². The normalized spacial score (nSPS) is 14.2. The summed E-state index contributed by atoms with van der Waals surface area (Å²) in [5.41, 5.74) is 1.03. The molecule has 0 aliphatic heterocycles. The number of hydrogen-bond donors (Lipinski definition) is 3. The quantitative estimate of drug-likeness (QED) is 0.518. The first-order valence-corrected chi connectivity index (χ1v) is 5.73. The van der Waals surface area contributed by atoms with Gasteiger partial charge < -0.3 is 15.5 Å². The highest BCUT2D eigenvalue weighted by atomic mass is 16.6. The van der Waals surface area contributed by atoms with Gasteiger partial charge >= 0.3 is 0 Å². The standard InChI is InChI=1S/C12H18N2O4/c1-8-3-4-9(14(17)18)7-10(8)12(16)11(15)5-6-13-2/h3-4,7,11-13,15-16H,5-6H2,1-2H3. The molecule has 0 fully saturated rings.